The van der Waals surface area contributed by atoms with E-state index in [4.69, 9.17) is 0 Å². The lowest BCUT2D eigenvalue weighted by molar-refractivity contribution is 0.370. The van der Waals surface area contributed by atoms with Gasteiger partial charge in [0.25, 0.3) is 0 Å². The van der Waals surface area contributed by atoms with Crippen molar-refractivity contribution in [2.45, 2.75) is 6.42 Å². The summed E-state index contributed by atoms with van der Waals surface area (Å²) in [5, 5.41) is 3.19. The molecular weight excluding hydrogens is 364 g/mol. The first-order valence-corrected chi connectivity index (χ1v) is 10.3. The molecular formula is C16H25F2N5O2S. The molecule has 1 fully saturated rings. The molecule has 146 valence electrons. The number of nitrogens with zero attached hydrogens (tertiary/aromatic N) is 3. The van der Waals surface area contributed by atoms with Crippen LogP contribution in [0.25, 0.3) is 0 Å². The minimum Gasteiger partial charge on any atom is -0.366 e. The molecule has 0 radical (unpaired) electrons. The predicted octanol–water partition coefficient (Wildman–Crippen LogP) is 0.602. The van der Waals surface area contributed by atoms with Crippen LogP contribution in [0.1, 0.15) is 6.42 Å². The number of anilines is 1. The zero-order valence-corrected chi connectivity index (χ0v) is 15.8. The van der Waals surface area contributed by atoms with Crippen LogP contribution < -0.4 is 14.9 Å². The van der Waals surface area contributed by atoms with E-state index in [9.17, 15) is 17.2 Å². The first-order valence-electron chi connectivity index (χ1n) is 8.40. The van der Waals surface area contributed by atoms with Crippen LogP contribution in [-0.2, 0) is 10.0 Å². The van der Waals surface area contributed by atoms with Crippen molar-refractivity contribution in [1.29, 1.82) is 0 Å². The van der Waals surface area contributed by atoms with E-state index in [1.807, 2.05) is 9.80 Å². The molecule has 1 aromatic rings. The average molecular weight is 389 g/mol. The summed E-state index contributed by atoms with van der Waals surface area (Å²) in [6.45, 7) is 3.28. The highest BCUT2D eigenvalue weighted by atomic mass is 32.2. The topological polar surface area (TPSA) is 77.0 Å². The minimum atomic E-state index is -3.17. The van der Waals surface area contributed by atoms with Gasteiger partial charge in [-0.3, -0.25) is 4.99 Å². The number of nitrogens with one attached hydrogen (secondary N) is 2. The van der Waals surface area contributed by atoms with E-state index in [1.165, 1.54) is 6.07 Å². The van der Waals surface area contributed by atoms with Gasteiger partial charge in [-0.15, -0.1) is 0 Å². The van der Waals surface area contributed by atoms with Crippen molar-refractivity contribution in [3.8, 4) is 0 Å². The molecule has 2 N–H and O–H groups in total. The van der Waals surface area contributed by atoms with Gasteiger partial charge in [0.15, 0.2) is 5.96 Å². The lowest BCUT2D eigenvalue weighted by atomic mass is 10.2. The van der Waals surface area contributed by atoms with Crippen molar-refractivity contribution in [3.63, 3.8) is 0 Å². The highest BCUT2D eigenvalue weighted by molar-refractivity contribution is 7.88. The monoisotopic (exact) mass is 389 g/mol. The molecule has 1 heterocycles. The summed E-state index contributed by atoms with van der Waals surface area (Å²) >= 11 is 0. The highest BCUT2D eigenvalue weighted by Crippen LogP contribution is 2.21. The van der Waals surface area contributed by atoms with Gasteiger partial charge in [-0.1, -0.05) is 0 Å². The second-order valence-electron chi connectivity index (χ2n) is 6.06. The van der Waals surface area contributed by atoms with Gasteiger partial charge in [-0.2, -0.15) is 0 Å². The molecule has 2 rings (SSSR count). The molecule has 0 spiro atoms. The van der Waals surface area contributed by atoms with Crippen molar-refractivity contribution < 1.29 is 17.2 Å². The lowest BCUT2D eigenvalue weighted by Crippen LogP contribution is -2.53. The molecule has 0 saturated carbocycles. The van der Waals surface area contributed by atoms with Crippen LogP contribution in [-0.4, -0.2) is 71.8 Å². The maximum atomic E-state index is 13.9. The van der Waals surface area contributed by atoms with Gasteiger partial charge < -0.3 is 15.1 Å². The fourth-order valence-corrected chi connectivity index (χ4v) is 3.28. The normalized spacial score (nSPS) is 16.1. The Balaban J connectivity index is 1.81. The smallest absolute Gasteiger partial charge is 0.208 e. The van der Waals surface area contributed by atoms with Gasteiger partial charge in [-0.05, 0) is 18.6 Å². The quantitative estimate of drug-likeness (QED) is 0.423. The fourth-order valence-electron chi connectivity index (χ4n) is 2.77. The van der Waals surface area contributed by atoms with Gasteiger partial charge in [0.2, 0.25) is 10.0 Å². The molecule has 0 bridgehead atoms. The van der Waals surface area contributed by atoms with E-state index in [1.54, 1.807) is 7.05 Å². The van der Waals surface area contributed by atoms with Gasteiger partial charge in [0.1, 0.15) is 11.6 Å². The van der Waals surface area contributed by atoms with Gasteiger partial charge >= 0.3 is 0 Å². The molecule has 26 heavy (non-hydrogen) atoms. The van der Waals surface area contributed by atoms with E-state index >= 15 is 0 Å². The van der Waals surface area contributed by atoms with Crippen molar-refractivity contribution in [2.24, 2.45) is 4.99 Å². The molecule has 1 aromatic carbocycles. The number of hydrogen-bond donors (Lipinski definition) is 2. The third-order valence-corrected chi connectivity index (χ3v) is 4.77. The summed E-state index contributed by atoms with van der Waals surface area (Å²) < 4.78 is 51.7. The molecule has 0 atom stereocenters. The Morgan fingerprint density at radius 3 is 2.50 bits per heavy atom. The summed E-state index contributed by atoms with van der Waals surface area (Å²) in [7, 11) is -1.49. The van der Waals surface area contributed by atoms with Crippen LogP contribution in [0.15, 0.2) is 23.2 Å². The SMILES string of the molecule is CN=C(NCCCNS(C)(=O)=O)N1CCN(c2cc(F)ccc2F)CC1. The van der Waals surface area contributed by atoms with Gasteiger partial charge in [-0.25, -0.2) is 21.9 Å². The largest absolute Gasteiger partial charge is 0.366 e. The van der Waals surface area contributed by atoms with E-state index in [2.05, 4.69) is 15.0 Å². The first-order chi connectivity index (χ1) is 12.3. The Hall–Kier alpha value is -1.94. The summed E-state index contributed by atoms with van der Waals surface area (Å²) in [4.78, 5) is 8.08. The average Bonchev–Trinajstić information content (AvgIpc) is 2.59. The number of guanidine groups is 1. The standard InChI is InChI=1S/C16H25F2N5O2S/c1-19-16(20-6-3-7-21-26(2,24)25)23-10-8-22(9-11-23)15-12-13(17)4-5-14(15)18/h4-5,12,21H,3,6-11H2,1-2H3,(H,19,20). The molecule has 0 amide bonds. The Kier molecular flexibility index (Phi) is 7.15. The zero-order chi connectivity index (χ0) is 19.2. The van der Waals surface area contributed by atoms with E-state index in [0.717, 1.165) is 18.4 Å². The summed E-state index contributed by atoms with van der Waals surface area (Å²) in [6.07, 6.45) is 1.75. The van der Waals surface area contributed by atoms with Crippen LogP contribution in [0, 0.1) is 11.6 Å². The molecule has 1 saturated heterocycles. The van der Waals surface area contributed by atoms with E-state index in [-0.39, 0.29) is 5.69 Å². The number of aliphatic imine (C=N–C) groups is 1. The van der Waals surface area contributed by atoms with E-state index < -0.39 is 21.7 Å². The summed E-state index contributed by atoms with van der Waals surface area (Å²) in [6, 6.07) is 3.47. The summed E-state index contributed by atoms with van der Waals surface area (Å²) in [5.74, 6) is -0.173. The van der Waals surface area contributed by atoms with E-state index in [0.29, 0.717) is 51.6 Å². The Morgan fingerprint density at radius 1 is 1.19 bits per heavy atom. The maximum absolute atomic E-state index is 13.9. The van der Waals surface area contributed by atoms with Crippen LogP contribution in [0.5, 0.6) is 0 Å². The minimum absolute atomic E-state index is 0.277. The molecule has 0 aliphatic carbocycles. The van der Waals surface area contributed by atoms with Crippen LogP contribution in [0.4, 0.5) is 14.5 Å². The Bertz CT molecular complexity index is 734. The number of piperazine rings is 1. The summed E-state index contributed by atoms with van der Waals surface area (Å²) in [5.41, 5.74) is 0.277. The molecule has 10 heteroatoms. The number of rotatable bonds is 6. The number of hydrogen-bond acceptors (Lipinski definition) is 4. The number of benzene rings is 1. The third-order valence-electron chi connectivity index (χ3n) is 4.04. The second kappa shape index (κ2) is 9.13. The lowest BCUT2D eigenvalue weighted by Gasteiger charge is -2.37. The number of halogens is 2. The van der Waals surface area contributed by atoms with Gasteiger partial charge in [0, 0.05) is 52.4 Å². The third kappa shape index (κ3) is 6.10. The second-order valence-corrected chi connectivity index (χ2v) is 7.90. The zero-order valence-electron chi connectivity index (χ0n) is 15.0. The van der Waals surface area contributed by atoms with Gasteiger partial charge in [0.05, 0.1) is 11.9 Å². The Morgan fingerprint density at radius 2 is 1.88 bits per heavy atom. The maximum Gasteiger partial charge on any atom is 0.208 e. The van der Waals surface area contributed by atoms with Crippen LogP contribution >= 0.6 is 0 Å². The van der Waals surface area contributed by atoms with Crippen molar-refractivity contribution >= 4 is 21.7 Å². The molecule has 1 aliphatic heterocycles. The van der Waals surface area contributed by atoms with Crippen molar-refractivity contribution in [3.05, 3.63) is 29.8 Å². The predicted molar refractivity (Wildman–Crippen MR) is 99.0 cm³/mol. The number of sulfonamides is 1. The van der Waals surface area contributed by atoms with Crippen molar-refractivity contribution in [1.82, 2.24) is 14.9 Å². The fraction of sp³-hybridized carbons (Fsp3) is 0.562. The van der Waals surface area contributed by atoms with Crippen LogP contribution in [0.3, 0.4) is 0 Å². The van der Waals surface area contributed by atoms with Crippen molar-refractivity contribution in [2.75, 3.05) is 57.5 Å². The molecule has 7 nitrogen and oxygen atoms in total. The Labute approximate surface area is 153 Å². The molecule has 1 aliphatic rings. The highest BCUT2D eigenvalue weighted by Gasteiger charge is 2.21. The first kappa shape index (κ1) is 20.4. The van der Waals surface area contributed by atoms with Crippen LogP contribution in [0.2, 0.25) is 0 Å². The molecule has 0 aromatic heterocycles. The molecule has 0 unspecified atom stereocenters.